The average molecular weight is 380 g/mol. The predicted molar refractivity (Wildman–Crippen MR) is 99.2 cm³/mol. The molecule has 0 fully saturated rings. The molecule has 3 rings (SSSR count). The second-order valence-corrected chi connectivity index (χ2v) is 5.87. The van der Waals surface area contributed by atoms with Crippen LogP contribution in [0.15, 0.2) is 93.6 Å². The van der Waals surface area contributed by atoms with Crippen LogP contribution in [0.25, 0.3) is 0 Å². The van der Waals surface area contributed by atoms with Crippen molar-refractivity contribution in [3.63, 3.8) is 0 Å². The van der Waals surface area contributed by atoms with Gasteiger partial charge in [0.25, 0.3) is 5.91 Å². The molecule has 0 spiro atoms. The fourth-order valence-electron chi connectivity index (χ4n) is 2.07. The van der Waals surface area contributed by atoms with Crippen LogP contribution in [-0.4, -0.2) is 5.91 Å². The van der Waals surface area contributed by atoms with E-state index in [4.69, 9.17) is 0 Å². The molecule has 3 aromatic rings. The van der Waals surface area contributed by atoms with Gasteiger partial charge in [-0.15, -0.1) is 0 Å². The monoisotopic (exact) mass is 379 g/mol. The minimum Gasteiger partial charge on any atom is -0.322 e. The van der Waals surface area contributed by atoms with Crippen molar-refractivity contribution < 1.29 is 4.79 Å². The number of amides is 1. The molecule has 0 aliphatic heterocycles. The third kappa shape index (κ3) is 4.14. The molecule has 1 amide bonds. The molecule has 0 aliphatic carbocycles. The molecule has 4 nitrogen and oxygen atoms in total. The molecule has 0 aliphatic rings. The normalized spacial score (nSPS) is 10.7. The second-order valence-electron chi connectivity index (χ2n) is 5.02. The number of azo groups is 1. The van der Waals surface area contributed by atoms with Crippen molar-refractivity contribution in [1.29, 1.82) is 0 Å². The van der Waals surface area contributed by atoms with E-state index >= 15 is 0 Å². The number of hydrogen-bond acceptors (Lipinski definition) is 3. The zero-order valence-corrected chi connectivity index (χ0v) is 14.3. The van der Waals surface area contributed by atoms with Crippen LogP contribution in [0.1, 0.15) is 10.4 Å². The number of hydrogen-bond donors (Lipinski definition) is 1. The second kappa shape index (κ2) is 7.66. The largest absolute Gasteiger partial charge is 0.322 e. The summed E-state index contributed by atoms with van der Waals surface area (Å²) in [6.45, 7) is 0. The van der Waals surface area contributed by atoms with Crippen molar-refractivity contribution >= 4 is 38.9 Å². The highest BCUT2D eigenvalue weighted by Crippen LogP contribution is 2.21. The Morgan fingerprint density at radius 3 is 2.00 bits per heavy atom. The van der Waals surface area contributed by atoms with Gasteiger partial charge in [0.1, 0.15) is 0 Å². The minimum absolute atomic E-state index is 0.166. The van der Waals surface area contributed by atoms with Crippen LogP contribution in [0, 0.1) is 0 Å². The molecule has 5 heteroatoms. The lowest BCUT2D eigenvalue weighted by Gasteiger charge is -2.06. The van der Waals surface area contributed by atoms with Crippen LogP contribution in [0.5, 0.6) is 0 Å². The summed E-state index contributed by atoms with van der Waals surface area (Å²) in [5.74, 6) is -0.166. The Morgan fingerprint density at radius 2 is 1.33 bits per heavy atom. The molecule has 0 heterocycles. The zero-order chi connectivity index (χ0) is 16.8. The van der Waals surface area contributed by atoms with Crippen molar-refractivity contribution in [2.24, 2.45) is 10.2 Å². The lowest BCUT2D eigenvalue weighted by atomic mass is 10.2. The van der Waals surface area contributed by atoms with Crippen LogP contribution >= 0.6 is 15.9 Å². The smallest absolute Gasteiger partial charge is 0.256 e. The van der Waals surface area contributed by atoms with E-state index in [0.717, 1.165) is 15.8 Å². The summed E-state index contributed by atoms with van der Waals surface area (Å²) < 4.78 is 0.760. The van der Waals surface area contributed by atoms with Gasteiger partial charge in [-0.2, -0.15) is 10.2 Å². The van der Waals surface area contributed by atoms with E-state index in [2.05, 4.69) is 31.5 Å². The molecule has 3 aromatic carbocycles. The molecule has 1 N–H and O–H groups in total. The Labute approximate surface area is 148 Å². The van der Waals surface area contributed by atoms with Crippen LogP contribution in [0.2, 0.25) is 0 Å². The number of halogens is 1. The highest BCUT2D eigenvalue weighted by molar-refractivity contribution is 9.10. The van der Waals surface area contributed by atoms with E-state index < -0.39 is 0 Å². The molecule has 0 saturated carbocycles. The van der Waals surface area contributed by atoms with Gasteiger partial charge in [0.05, 0.1) is 16.9 Å². The fourth-order valence-corrected chi connectivity index (χ4v) is 2.53. The average Bonchev–Trinajstić information content (AvgIpc) is 2.62. The van der Waals surface area contributed by atoms with Crippen molar-refractivity contribution in [2.45, 2.75) is 0 Å². The van der Waals surface area contributed by atoms with Gasteiger partial charge < -0.3 is 5.32 Å². The molecule has 0 radical (unpaired) electrons. The third-order valence-electron chi connectivity index (χ3n) is 3.28. The van der Waals surface area contributed by atoms with Crippen molar-refractivity contribution in [3.05, 3.63) is 88.9 Å². The quantitative estimate of drug-likeness (QED) is 0.545. The maximum Gasteiger partial charge on any atom is 0.256 e. The first kappa shape index (κ1) is 16.1. The molecular formula is C19H14BrN3O. The van der Waals surface area contributed by atoms with E-state index in [1.54, 1.807) is 18.2 Å². The Balaban J connectivity index is 1.68. The molecular weight excluding hydrogens is 366 g/mol. The number of rotatable bonds is 4. The lowest BCUT2D eigenvalue weighted by Crippen LogP contribution is -2.12. The summed E-state index contributed by atoms with van der Waals surface area (Å²) in [6.07, 6.45) is 0. The topological polar surface area (TPSA) is 53.8 Å². The molecule has 0 aromatic heterocycles. The molecule has 24 heavy (non-hydrogen) atoms. The van der Waals surface area contributed by atoms with Crippen LogP contribution in [-0.2, 0) is 0 Å². The number of nitrogens with one attached hydrogen (secondary N) is 1. The van der Waals surface area contributed by atoms with Gasteiger partial charge in [0.15, 0.2) is 0 Å². The highest BCUT2D eigenvalue weighted by Gasteiger charge is 2.09. The van der Waals surface area contributed by atoms with E-state index in [1.807, 2.05) is 60.7 Å². The zero-order valence-electron chi connectivity index (χ0n) is 12.7. The SMILES string of the molecule is O=C(Nc1ccc(N=Nc2ccccc2)cc1)c1ccccc1Br. The Kier molecular flexibility index (Phi) is 5.13. The minimum atomic E-state index is -0.166. The molecule has 0 atom stereocenters. The first-order valence-electron chi connectivity index (χ1n) is 7.35. The van der Waals surface area contributed by atoms with Crippen LogP contribution in [0.4, 0.5) is 17.1 Å². The summed E-state index contributed by atoms with van der Waals surface area (Å²) in [5.41, 5.74) is 2.81. The summed E-state index contributed by atoms with van der Waals surface area (Å²) in [4.78, 5) is 12.2. The van der Waals surface area contributed by atoms with Crippen LogP contribution in [0.3, 0.4) is 0 Å². The van der Waals surface area contributed by atoms with Crippen molar-refractivity contribution in [1.82, 2.24) is 0 Å². The third-order valence-corrected chi connectivity index (χ3v) is 3.97. The Hall–Kier alpha value is -2.79. The Morgan fingerprint density at radius 1 is 0.750 bits per heavy atom. The van der Waals surface area contributed by atoms with Gasteiger partial charge in [-0.25, -0.2) is 0 Å². The molecule has 0 saturated heterocycles. The summed E-state index contributed by atoms with van der Waals surface area (Å²) in [5, 5.41) is 11.2. The van der Waals surface area contributed by atoms with Gasteiger partial charge in [-0.05, 0) is 64.5 Å². The molecule has 0 unspecified atom stereocenters. The summed E-state index contributed by atoms with van der Waals surface area (Å²) >= 11 is 3.38. The van der Waals surface area contributed by atoms with Crippen molar-refractivity contribution in [2.75, 3.05) is 5.32 Å². The van der Waals surface area contributed by atoms with Crippen LogP contribution < -0.4 is 5.32 Å². The number of carbonyl (C=O) groups is 1. The number of carbonyl (C=O) groups excluding carboxylic acids is 1. The van der Waals surface area contributed by atoms with Gasteiger partial charge in [0, 0.05) is 10.2 Å². The number of anilines is 1. The number of nitrogens with zero attached hydrogens (tertiary/aromatic N) is 2. The Bertz CT molecular complexity index is 861. The predicted octanol–water partition coefficient (Wildman–Crippen LogP) is 6.12. The van der Waals surface area contributed by atoms with E-state index in [0.29, 0.717) is 11.3 Å². The van der Waals surface area contributed by atoms with Crippen molar-refractivity contribution in [3.8, 4) is 0 Å². The van der Waals surface area contributed by atoms with Gasteiger partial charge >= 0.3 is 0 Å². The maximum absolute atomic E-state index is 12.2. The molecule has 118 valence electrons. The lowest BCUT2D eigenvalue weighted by molar-refractivity contribution is 0.102. The fraction of sp³-hybridized carbons (Fsp3) is 0. The number of benzene rings is 3. The van der Waals surface area contributed by atoms with Gasteiger partial charge in [0.2, 0.25) is 0 Å². The standard InChI is InChI=1S/C19H14BrN3O/c20-18-9-5-4-8-17(18)19(24)21-14-10-12-16(13-11-14)23-22-15-6-2-1-3-7-15/h1-13H,(H,21,24). The van der Waals surface area contributed by atoms with E-state index in [9.17, 15) is 4.79 Å². The maximum atomic E-state index is 12.2. The highest BCUT2D eigenvalue weighted by atomic mass is 79.9. The van der Waals surface area contributed by atoms with E-state index in [1.165, 1.54) is 0 Å². The first-order chi connectivity index (χ1) is 11.7. The molecule has 0 bridgehead atoms. The summed E-state index contributed by atoms with van der Waals surface area (Å²) in [6, 6.07) is 24.0. The summed E-state index contributed by atoms with van der Waals surface area (Å²) in [7, 11) is 0. The van der Waals surface area contributed by atoms with Gasteiger partial charge in [-0.1, -0.05) is 30.3 Å². The first-order valence-corrected chi connectivity index (χ1v) is 8.14. The van der Waals surface area contributed by atoms with E-state index in [-0.39, 0.29) is 5.91 Å². The van der Waals surface area contributed by atoms with Gasteiger partial charge in [-0.3, -0.25) is 4.79 Å².